The van der Waals surface area contributed by atoms with Gasteiger partial charge in [0.1, 0.15) is 0 Å². The first-order chi connectivity index (χ1) is 21.7. The van der Waals surface area contributed by atoms with Gasteiger partial charge in [-0.3, -0.25) is 0 Å². The minimum atomic E-state index is -0.164. The van der Waals surface area contributed by atoms with Crippen molar-refractivity contribution in [3.63, 3.8) is 0 Å². The Kier molecular flexibility index (Phi) is 6.09. The number of anilines is 3. The highest BCUT2D eigenvalue weighted by Gasteiger charge is 2.37. The Balaban J connectivity index is 1.35. The third kappa shape index (κ3) is 4.16. The number of hydrogen-bond acceptors (Lipinski definition) is 1. The van der Waals surface area contributed by atoms with Crippen LogP contribution in [0.3, 0.4) is 0 Å². The van der Waals surface area contributed by atoms with Crippen LogP contribution in [0, 0.1) is 27.7 Å². The van der Waals surface area contributed by atoms with Crippen LogP contribution >= 0.6 is 0 Å². The summed E-state index contributed by atoms with van der Waals surface area (Å²) in [6.45, 7) is 13.6. The van der Waals surface area contributed by atoms with Crippen LogP contribution in [-0.4, -0.2) is 4.57 Å². The van der Waals surface area contributed by atoms with Crippen molar-refractivity contribution in [2.75, 3.05) is 4.90 Å². The molecule has 8 rings (SSSR count). The molecular weight excluding hydrogens is 544 g/mol. The fourth-order valence-corrected chi connectivity index (χ4v) is 7.70. The van der Waals surface area contributed by atoms with E-state index in [-0.39, 0.29) is 5.41 Å². The van der Waals surface area contributed by atoms with Crippen LogP contribution in [0.15, 0.2) is 121 Å². The van der Waals surface area contributed by atoms with E-state index >= 15 is 0 Å². The number of aromatic nitrogens is 1. The zero-order chi connectivity index (χ0) is 31.0. The second-order valence-corrected chi connectivity index (χ2v) is 13.4. The Bertz CT molecular complexity index is 2230. The Morgan fingerprint density at radius 2 is 1.13 bits per heavy atom. The summed E-state index contributed by atoms with van der Waals surface area (Å²) in [5, 5.41) is 2.59. The highest BCUT2D eigenvalue weighted by molar-refractivity contribution is 6.11. The van der Waals surface area contributed by atoms with Gasteiger partial charge in [-0.1, -0.05) is 91.7 Å². The van der Waals surface area contributed by atoms with E-state index in [9.17, 15) is 0 Å². The third-order valence-electron chi connectivity index (χ3n) is 9.91. The molecule has 220 valence electrons. The maximum Gasteiger partial charge on any atom is 0.0544 e. The summed E-state index contributed by atoms with van der Waals surface area (Å²) >= 11 is 0. The molecule has 45 heavy (non-hydrogen) atoms. The molecule has 1 heterocycles. The number of hydrogen-bond donors (Lipinski definition) is 0. The van der Waals surface area contributed by atoms with Crippen LogP contribution in [0.5, 0.6) is 0 Å². The summed E-state index contributed by atoms with van der Waals surface area (Å²) in [6.07, 6.45) is 0. The molecule has 0 radical (unpaired) electrons. The quantitative estimate of drug-likeness (QED) is 0.200. The number of fused-ring (bicyclic) bond motifs is 6. The van der Waals surface area contributed by atoms with Gasteiger partial charge < -0.3 is 9.47 Å². The van der Waals surface area contributed by atoms with Crippen LogP contribution in [0.25, 0.3) is 38.6 Å². The molecule has 0 aliphatic heterocycles. The second kappa shape index (κ2) is 9.97. The van der Waals surface area contributed by atoms with E-state index in [1.54, 1.807) is 0 Å². The van der Waals surface area contributed by atoms with Crippen molar-refractivity contribution in [1.29, 1.82) is 0 Å². The number of benzene rings is 6. The molecule has 0 spiro atoms. The molecule has 0 saturated heterocycles. The Morgan fingerprint density at radius 1 is 0.511 bits per heavy atom. The number of nitrogens with zero attached hydrogens (tertiary/aromatic N) is 2. The predicted molar refractivity (Wildman–Crippen MR) is 192 cm³/mol. The molecule has 0 N–H and O–H groups in total. The summed E-state index contributed by atoms with van der Waals surface area (Å²) < 4.78 is 2.43. The molecule has 0 unspecified atom stereocenters. The van der Waals surface area contributed by atoms with Crippen LogP contribution in [0.1, 0.15) is 47.2 Å². The lowest BCUT2D eigenvalue weighted by Crippen LogP contribution is -2.17. The first-order valence-electron chi connectivity index (χ1n) is 15.9. The van der Waals surface area contributed by atoms with Crippen molar-refractivity contribution >= 4 is 38.9 Å². The summed E-state index contributed by atoms with van der Waals surface area (Å²) in [6, 6.07) is 45.2. The largest absolute Gasteiger partial charge is 0.310 e. The lowest BCUT2D eigenvalue weighted by atomic mass is 9.82. The molecule has 0 bridgehead atoms. The van der Waals surface area contributed by atoms with E-state index in [2.05, 4.69) is 172 Å². The first-order valence-corrected chi connectivity index (χ1v) is 15.9. The standard InChI is InChI=1S/C43H38N2/c1-27-16-20-39(29(3)22-27)45(40-21-17-28(2)23-30(40)4)32-18-19-33-35-25-36-34-14-10-11-15-41(34)44(31-12-8-7-9-13-31)42(36)26-38(35)43(5,6)37(33)24-32/h7-26H,1-6H3. The fourth-order valence-electron chi connectivity index (χ4n) is 7.70. The predicted octanol–water partition coefficient (Wildman–Crippen LogP) is 11.8. The monoisotopic (exact) mass is 582 g/mol. The molecule has 2 nitrogen and oxygen atoms in total. The average Bonchev–Trinajstić information content (AvgIpc) is 3.47. The zero-order valence-corrected chi connectivity index (χ0v) is 26.9. The molecule has 7 aromatic rings. The van der Waals surface area contributed by atoms with Crippen molar-refractivity contribution in [2.24, 2.45) is 0 Å². The van der Waals surface area contributed by atoms with E-state index in [4.69, 9.17) is 0 Å². The molecule has 0 saturated carbocycles. The first kappa shape index (κ1) is 27.5. The highest BCUT2D eigenvalue weighted by atomic mass is 15.1. The van der Waals surface area contributed by atoms with Gasteiger partial charge in [0, 0.05) is 38.9 Å². The van der Waals surface area contributed by atoms with Crippen LogP contribution < -0.4 is 4.90 Å². The van der Waals surface area contributed by atoms with E-state index in [0.717, 1.165) is 0 Å². The van der Waals surface area contributed by atoms with Gasteiger partial charge in [-0.15, -0.1) is 0 Å². The lowest BCUT2D eigenvalue weighted by Gasteiger charge is -2.30. The number of rotatable bonds is 4. The van der Waals surface area contributed by atoms with Gasteiger partial charge in [-0.2, -0.15) is 0 Å². The number of aryl methyl sites for hydroxylation is 4. The van der Waals surface area contributed by atoms with Crippen molar-refractivity contribution in [3.05, 3.63) is 155 Å². The normalized spacial score (nSPS) is 13.3. The van der Waals surface area contributed by atoms with Gasteiger partial charge in [0.05, 0.1) is 11.0 Å². The van der Waals surface area contributed by atoms with Gasteiger partial charge in [-0.25, -0.2) is 0 Å². The summed E-state index contributed by atoms with van der Waals surface area (Å²) in [5.41, 5.74) is 17.7. The van der Waals surface area contributed by atoms with Crippen LogP contribution in [-0.2, 0) is 5.41 Å². The topological polar surface area (TPSA) is 8.17 Å². The van der Waals surface area contributed by atoms with Crippen molar-refractivity contribution in [3.8, 4) is 16.8 Å². The summed E-state index contributed by atoms with van der Waals surface area (Å²) in [7, 11) is 0. The second-order valence-electron chi connectivity index (χ2n) is 13.4. The lowest BCUT2D eigenvalue weighted by molar-refractivity contribution is 0.661. The maximum absolute atomic E-state index is 2.46. The Labute approximate surface area is 266 Å². The molecule has 1 aliphatic carbocycles. The third-order valence-corrected chi connectivity index (χ3v) is 9.91. The Morgan fingerprint density at radius 3 is 1.80 bits per heavy atom. The molecule has 6 aromatic carbocycles. The summed E-state index contributed by atoms with van der Waals surface area (Å²) in [5.74, 6) is 0. The van der Waals surface area contributed by atoms with Gasteiger partial charge >= 0.3 is 0 Å². The molecule has 0 atom stereocenters. The fraction of sp³-hybridized carbons (Fsp3) is 0.163. The minimum absolute atomic E-state index is 0.164. The van der Waals surface area contributed by atoms with Crippen LogP contribution in [0.4, 0.5) is 17.1 Å². The maximum atomic E-state index is 2.46. The Hall–Kier alpha value is -5.08. The summed E-state index contributed by atoms with van der Waals surface area (Å²) in [4.78, 5) is 2.45. The SMILES string of the molecule is Cc1ccc(N(c2ccc3c(c2)C(C)(C)c2cc4c(cc2-3)c2ccccc2n4-c2ccccc2)c2ccc(C)cc2C)c(C)c1. The van der Waals surface area contributed by atoms with Gasteiger partial charge in [0.25, 0.3) is 0 Å². The van der Waals surface area contributed by atoms with Gasteiger partial charge in [-0.05, 0) is 116 Å². The molecule has 1 aromatic heterocycles. The molecular formula is C43H38N2. The van der Waals surface area contributed by atoms with Crippen molar-refractivity contribution in [2.45, 2.75) is 47.0 Å². The molecule has 1 aliphatic rings. The van der Waals surface area contributed by atoms with E-state index < -0.39 is 0 Å². The van der Waals surface area contributed by atoms with Gasteiger partial charge in [0.15, 0.2) is 0 Å². The van der Waals surface area contributed by atoms with E-state index in [1.165, 1.54) is 89.1 Å². The van der Waals surface area contributed by atoms with Crippen molar-refractivity contribution < 1.29 is 0 Å². The zero-order valence-electron chi connectivity index (χ0n) is 26.9. The minimum Gasteiger partial charge on any atom is -0.310 e. The van der Waals surface area contributed by atoms with E-state index in [1.807, 2.05) is 0 Å². The average molecular weight is 583 g/mol. The van der Waals surface area contributed by atoms with Gasteiger partial charge in [0.2, 0.25) is 0 Å². The van der Waals surface area contributed by atoms with Crippen LogP contribution in [0.2, 0.25) is 0 Å². The van der Waals surface area contributed by atoms with E-state index in [0.29, 0.717) is 0 Å². The molecule has 0 fully saturated rings. The molecule has 0 amide bonds. The highest BCUT2D eigenvalue weighted by Crippen LogP contribution is 2.53. The smallest absolute Gasteiger partial charge is 0.0544 e. The number of para-hydroxylation sites is 2. The molecule has 2 heteroatoms. The van der Waals surface area contributed by atoms with Crippen molar-refractivity contribution in [1.82, 2.24) is 4.57 Å².